The first-order valence-electron chi connectivity index (χ1n) is 10.1. The lowest BCUT2D eigenvalue weighted by molar-refractivity contribution is -0.143. The molecule has 1 aromatic carbocycles. The van der Waals surface area contributed by atoms with Crippen molar-refractivity contribution in [1.82, 2.24) is 19.9 Å². The fourth-order valence-electron chi connectivity index (χ4n) is 3.56. The van der Waals surface area contributed by atoms with E-state index in [0.717, 1.165) is 34.9 Å². The van der Waals surface area contributed by atoms with Crippen molar-refractivity contribution in [3.8, 4) is 22.0 Å². The van der Waals surface area contributed by atoms with Crippen LogP contribution in [0.15, 0.2) is 41.9 Å². The molecule has 31 heavy (non-hydrogen) atoms. The molecule has 1 fully saturated rings. The number of nitrogens with zero attached hydrogens (tertiary/aromatic N) is 4. The fraction of sp³-hybridized carbons (Fsp3) is 0.364. The number of ether oxygens (including phenoxy) is 1. The van der Waals surface area contributed by atoms with Crippen LogP contribution in [0.5, 0.6) is 0 Å². The van der Waals surface area contributed by atoms with Crippen molar-refractivity contribution < 1.29 is 14.6 Å². The van der Waals surface area contributed by atoms with Crippen molar-refractivity contribution in [3.05, 3.63) is 47.5 Å². The van der Waals surface area contributed by atoms with Gasteiger partial charge in [0.05, 0.1) is 5.69 Å². The number of hydrogen-bond acceptors (Lipinski definition) is 8. The van der Waals surface area contributed by atoms with Crippen LogP contribution in [0, 0.1) is 0 Å². The Bertz CT molecular complexity index is 1070. The minimum Gasteiger partial charge on any atom is -0.385 e. The SMILES string of the molecule is COCCCNc1nccc(-c2csc(-c3cccc([C@]4(O)CCN(C)C4=O)c3)n2)n1. The van der Waals surface area contributed by atoms with Crippen LogP contribution in [0.3, 0.4) is 0 Å². The number of likely N-dealkylation sites (N-methyl/N-ethyl adjacent to an activating group) is 1. The van der Waals surface area contributed by atoms with Gasteiger partial charge in [-0.15, -0.1) is 11.3 Å². The van der Waals surface area contributed by atoms with Crippen molar-refractivity contribution in [3.63, 3.8) is 0 Å². The summed E-state index contributed by atoms with van der Waals surface area (Å²) in [6, 6.07) is 9.25. The molecule has 9 heteroatoms. The maximum absolute atomic E-state index is 12.4. The van der Waals surface area contributed by atoms with Gasteiger partial charge in [-0.05, 0) is 24.1 Å². The van der Waals surface area contributed by atoms with E-state index in [-0.39, 0.29) is 5.91 Å². The quantitative estimate of drug-likeness (QED) is 0.521. The molecule has 1 aliphatic heterocycles. The van der Waals surface area contributed by atoms with Crippen LogP contribution in [0.4, 0.5) is 5.95 Å². The van der Waals surface area contributed by atoms with E-state index in [1.54, 1.807) is 31.3 Å². The molecule has 1 amide bonds. The number of benzene rings is 1. The van der Waals surface area contributed by atoms with E-state index in [2.05, 4.69) is 15.3 Å². The van der Waals surface area contributed by atoms with E-state index >= 15 is 0 Å². The summed E-state index contributed by atoms with van der Waals surface area (Å²) in [5, 5.41) is 16.9. The van der Waals surface area contributed by atoms with Gasteiger partial charge in [0, 0.05) is 57.4 Å². The Hall–Kier alpha value is -2.88. The number of methoxy groups -OCH3 is 1. The first-order valence-corrected chi connectivity index (χ1v) is 11.0. The van der Waals surface area contributed by atoms with Gasteiger partial charge >= 0.3 is 0 Å². The molecule has 0 bridgehead atoms. The largest absolute Gasteiger partial charge is 0.385 e. The summed E-state index contributed by atoms with van der Waals surface area (Å²) >= 11 is 1.49. The van der Waals surface area contributed by atoms with E-state index in [1.165, 1.54) is 11.3 Å². The average molecular weight is 440 g/mol. The van der Waals surface area contributed by atoms with Crippen LogP contribution in [0.1, 0.15) is 18.4 Å². The predicted octanol–water partition coefficient (Wildman–Crippen LogP) is 2.77. The van der Waals surface area contributed by atoms with Gasteiger partial charge in [0.1, 0.15) is 10.7 Å². The summed E-state index contributed by atoms with van der Waals surface area (Å²) in [6.45, 7) is 1.94. The van der Waals surface area contributed by atoms with Gasteiger partial charge in [0.2, 0.25) is 5.95 Å². The highest BCUT2D eigenvalue weighted by molar-refractivity contribution is 7.13. The van der Waals surface area contributed by atoms with Crippen LogP contribution in [0.25, 0.3) is 22.0 Å². The molecule has 0 saturated carbocycles. The molecule has 1 saturated heterocycles. The minimum atomic E-state index is -1.47. The zero-order valence-corrected chi connectivity index (χ0v) is 18.4. The third-order valence-electron chi connectivity index (χ3n) is 5.33. The first-order chi connectivity index (χ1) is 15.0. The number of hydrogen-bond donors (Lipinski definition) is 2. The third kappa shape index (κ3) is 4.43. The molecule has 0 radical (unpaired) electrons. The van der Waals surface area contributed by atoms with E-state index in [9.17, 15) is 9.90 Å². The lowest BCUT2D eigenvalue weighted by atomic mass is 9.91. The molecule has 3 aromatic rings. The summed E-state index contributed by atoms with van der Waals surface area (Å²) in [5.41, 5.74) is 1.47. The third-order valence-corrected chi connectivity index (χ3v) is 6.22. The normalized spacial score (nSPS) is 18.5. The van der Waals surface area contributed by atoms with E-state index < -0.39 is 5.60 Å². The molecular weight excluding hydrogens is 414 g/mol. The molecular formula is C22H25N5O3S. The van der Waals surface area contributed by atoms with Crippen LogP contribution < -0.4 is 5.32 Å². The topological polar surface area (TPSA) is 100 Å². The highest BCUT2D eigenvalue weighted by Crippen LogP contribution is 2.36. The molecule has 0 spiro atoms. The second-order valence-corrected chi connectivity index (χ2v) is 8.35. The zero-order valence-electron chi connectivity index (χ0n) is 17.5. The van der Waals surface area contributed by atoms with Crippen molar-refractivity contribution in [2.45, 2.75) is 18.4 Å². The number of aliphatic hydroxyl groups is 1. The molecule has 0 aliphatic carbocycles. The Kier molecular flexibility index (Phi) is 6.26. The monoisotopic (exact) mass is 439 g/mol. The second kappa shape index (κ2) is 9.09. The Morgan fingerprint density at radius 3 is 2.94 bits per heavy atom. The number of anilines is 1. The first kappa shape index (κ1) is 21.4. The Morgan fingerprint density at radius 1 is 1.29 bits per heavy atom. The second-order valence-electron chi connectivity index (χ2n) is 7.49. The number of amides is 1. The summed E-state index contributed by atoms with van der Waals surface area (Å²) in [6.07, 6.45) is 2.96. The average Bonchev–Trinajstić information content (AvgIpc) is 3.39. The van der Waals surface area contributed by atoms with E-state index in [4.69, 9.17) is 9.72 Å². The van der Waals surface area contributed by atoms with Crippen molar-refractivity contribution >= 4 is 23.2 Å². The maximum Gasteiger partial charge on any atom is 0.258 e. The highest BCUT2D eigenvalue weighted by Gasteiger charge is 2.45. The van der Waals surface area contributed by atoms with E-state index in [0.29, 0.717) is 31.1 Å². The molecule has 2 N–H and O–H groups in total. The molecule has 1 atom stereocenters. The van der Waals surface area contributed by atoms with Crippen LogP contribution in [-0.4, -0.2) is 64.7 Å². The number of likely N-dealkylation sites (tertiary alicyclic amines) is 1. The molecule has 8 nitrogen and oxygen atoms in total. The number of thiazole rings is 1. The van der Waals surface area contributed by atoms with Gasteiger partial charge in [-0.2, -0.15) is 0 Å². The molecule has 0 unspecified atom stereocenters. The van der Waals surface area contributed by atoms with Crippen molar-refractivity contribution in [2.75, 3.05) is 39.2 Å². The van der Waals surface area contributed by atoms with Gasteiger partial charge in [-0.3, -0.25) is 4.79 Å². The lowest BCUT2D eigenvalue weighted by Crippen LogP contribution is -2.36. The number of nitrogens with one attached hydrogen (secondary N) is 1. The number of carbonyl (C=O) groups excluding carboxylic acids is 1. The van der Waals surface area contributed by atoms with E-state index in [1.807, 2.05) is 29.6 Å². The summed E-state index contributed by atoms with van der Waals surface area (Å²) in [7, 11) is 3.39. The predicted molar refractivity (Wildman–Crippen MR) is 120 cm³/mol. The van der Waals surface area contributed by atoms with Crippen LogP contribution in [0.2, 0.25) is 0 Å². The summed E-state index contributed by atoms with van der Waals surface area (Å²) in [5.74, 6) is 0.284. The summed E-state index contributed by atoms with van der Waals surface area (Å²) < 4.78 is 5.05. The number of rotatable bonds is 8. The smallest absolute Gasteiger partial charge is 0.258 e. The summed E-state index contributed by atoms with van der Waals surface area (Å²) in [4.78, 5) is 27.5. The molecule has 3 heterocycles. The molecule has 1 aliphatic rings. The van der Waals surface area contributed by atoms with Gasteiger partial charge in [0.15, 0.2) is 5.60 Å². The Labute approximate surface area is 185 Å². The highest BCUT2D eigenvalue weighted by atomic mass is 32.1. The molecule has 2 aromatic heterocycles. The van der Waals surface area contributed by atoms with Crippen molar-refractivity contribution in [2.24, 2.45) is 0 Å². The number of carbonyl (C=O) groups is 1. The van der Waals surface area contributed by atoms with Gasteiger partial charge in [-0.25, -0.2) is 15.0 Å². The van der Waals surface area contributed by atoms with Gasteiger partial charge in [0.25, 0.3) is 5.91 Å². The fourth-order valence-corrected chi connectivity index (χ4v) is 4.37. The zero-order chi connectivity index (χ0) is 21.8. The molecule has 4 rings (SSSR count). The maximum atomic E-state index is 12.4. The Balaban J connectivity index is 1.54. The van der Waals surface area contributed by atoms with Crippen LogP contribution >= 0.6 is 11.3 Å². The minimum absolute atomic E-state index is 0.268. The Morgan fingerprint density at radius 2 is 2.16 bits per heavy atom. The van der Waals surface area contributed by atoms with Crippen molar-refractivity contribution in [1.29, 1.82) is 0 Å². The lowest BCUT2D eigenvalue weighted by Gasteiger charge is -2.21. The van der Waals surface area contributed by atoms with Gasteiger partial charge in [-0.1, -0.05) is 18.2 Å². The molecule has 162 valence electrons. The number of aromatic nitrogens is 3. The van der Waals surface area contributed by atoms with Crippen LogP contribution in [-0.2, 0) is 15.1 Å². The standard InChI is InChI=1S/C22H25N5O3S/c1-27-11-8-22(29,20(27)28)16-6-3-5-15(13-16)19-25-18(14-31-19)17-7-10-24-21(26-17)23-9-4-12-30-2/h3,5-7,10,13-14,29H,4,8-9,11-12H2,1-2H3,(H,23,24,26)/t22-/m1/s1. The van der Waals surface area contributed by atoms with Gasteiger partial charge < -0.3 is 20.1 Å².